The van der Waals surface area contributed by atoms with Gasteiger partial charge >= 0.3 is 7.54 Å². The Morgan fingerprint density at radius 3 is 1.97 bits per heavy atom. The molecule has 182 valence electrons. The lowest BCUT2D eigenvalue weighted by Crippen LogP contribution is -3.00. The first kappa shape index (κ1) is 26.5. The van der Waals surface area contributed by atoms with Gasteiger partial charge in [0.2, 0.25) is 5.69 Å². The summed E-state index contributed by atoms with van der Waals surface area (Å²) in [5, 5.41) is 0. The lowest BCUT2D eigenvalue weighted by atomic mass is 9.99. The van der Waals surface area contributed by atoms with E-state index in [-0.39, 0.29) is 4.70 Å². The summed E-state index contributed by atoms with van der Waals surface area (Å²) in [4.78, 5) is 3.33. The van der Waals surface area contributed by atoms with Crippen molar-refractivity contribution < 1.29 is 27.4 Å². The Morgan fingerprint density at radius 2 is 1.33 bits per heavy atom. The molecule has 0 atom stereocenters. The fourth-order valence-corrected chi connectivity index (χ4v) is 3.78. The number of halogens is 4. The van der Waals surface area contributed by atoms with Crippen molar-refractivity contribution in [3.63, 3.8) is 0 Å². The summed E-state index contributed by atoms with van der Waals surface area (Å²) in [6, 6.07) is 25.4. The van der Waals surface area contributed by atoms with Crippen molar-refractivity contribution in [1.29, 1.82) is 0 Å². The van der Waals surface area contributed by atoms with E-state index in [9.17, 15) is 12.9 Å². The predicted octanol–water partition coefficient (Wildman–Crippen LogP) is 3.41. The number of benzene rings is 3. The molecule has 2 aliphatic heterocycles. The highest BCUT2D eigenvalue weighted by atomic mass is 19.4. The van der Waals surface area contributed by atoms with Crippen molar-refractivity contribution in [1.82, 2.24) is 0 Å². The van der Waals surface area contributed by atoms with E-state index in [1.165, 1.54) is 22.3 Å². The molecule has 0 spiro atoms. The zero-order valence-electron chi connectivity index (χ0n) is 19.8. The van der Waals surface area contributed by atoms with E-state index >= 15 is 0 Å². The van der Waals surface area contributed by atoms with Crippen molar-refractivity contribution >= 4 is 36.4 Å². The molecule has 0 unspecified atom stereocenters. The second kappa shape index (κ2) is 12.0. The van der Waals surface area contributed by atoms with Crippen LogP contribution in [0.2, 0.25) is 0 Å². The van der Waals surface area contributed by atoms with E-state index in [1.807, 2.05) is 18.4 Å². The third-order valence-electron chi connectivity index (χ3n) is 5.58. The zero-order chi connectivity index (χ0) is 24.8. The molecule has 36 heavy (non-hydrogen) atoms. The number of hydrogen-bond acceptors (Lipinski definition) is 1. The summed E-state index contributed by atoms with van der Waals surface area (Å²) in [6.07, 6.45) is 10.4. The molecule has 2 aliphatic rings. The largest absolute Gasteiger partial charge is 1.00 e. The average Bonchev–Trinajstić information content (AvgIpc) is 3.26. The number of hydrogen-bond donors (Lipinski definition) is 1. The Balaban J connectivity index is 0.000000674. The molecule has 5 rings (SSSR count). The van der Waals surface area contributed by atoms with Crippen LogP contribution in [0.1, 0.15) is 27.8 Å². The molecule has 0 fully saturated rings. The highest BCUT2D eigenvalue weighted by molar-refractivity contribution is 6.33. The van der Waals surface area contributed by atoms with Crippen LogP contribution in [-0.4, -0.2) is 13.8 Å². The normalized spacial score (nSPS) is 15.7. The van der Waals surface area contributed by atoms with E-state index in [0.717, 1.165) is 33.9 Å². The smallest absolute Gasteiger partial charge is 0.762 e. The fourth-order valence-electron chi connectivity index (χ4n) is 3.78. The number of nitrogens with one attached hydrogen (secondary N) is 1. The monoisotopic (exact) mass is 489 g/mol. The third kappa shape index (κ3) is 6.72. The quantitative estimate of drug-likeness (QED) is 0.443. The molecule has 3 aromatic rings. The van der Waals surface area contributed by atoms with Gasteiger partial charge in [-0.25, -0.2) is 4.99 Å². The Kier molecular flexibility index (Phi) is 8.84. The highest BCUT2D eigenvalue weighted by Crippen LogP contribution is 2.32. The van der Waals surface area contributed by atoms with Crippen molar-refractivity contribution in [2.45, 2.75) is 13.8 Å². The zero-order valence-corrected chi connectivity index (χ0v) is 19.8. The van der Waals surface area contributed by atoms with Crippen LogP contribution in [0.15, 0.2) is 103 Å². The molecule has 0 saturated heterocycles. The molecular formula is C29H24BF4NO. The second-order valence-electron chi connectivity index (χ2n) is 8.22. The van der Waals surface area contributed by atoms with Gasteiger partial charge in [0.05, 0.1) is 11.1 Å². The lowest BCUT2D eigenvalue weighted by molar-refractivity contribution is -0.342. The number of para-hydroxylation sites is 1. The second-order valence-corrected chi connectivity index (χ2v) is 8.22. The minimum absolute atomic E-state index is 0. The molecule has 2 nitrogen and oxygen atoms in total. The molecule has 0 radical (unpaired) electrons. The van der Waals surface area contributed by atoms with Crippen LogP contribution in [0, 0.1) is 13.8 Å². The molecule has 1 N–H and O–H groups in total. The van der Waals surface area contributed by atoms with E-state index in [4.69, 9.17) is 4.74 Å². The van der Waals surface area contributed by atoms with E-state index in [1.54, 1.807) is 0 Å². The van der Waals surface area contributed by atoms with Gasteiger partial charge in [0.1, 0.15) is 11.5 Å². The Bertz CT molecular complexity index is 1350. The molecule has 7 heteroatoms. The van der Waals surface area contributed by atoms with Crippen molar-refractivity contribution in [3.05, 3.63) is 131 Å². The van der Waals surface area contributed by atoms with Crippen LogP contribution in [0.25, 0.3) is 16.9 Å². The topological polar surface area (TPSA) is 23.2 Å². The molecular weight excluding hydrogens is 465 g/mol. The van der Waals surface area contributed by atoms with Gasteiger partial charge in [0.25, 0.3) is 0 Å². The molecule has 0 aromatic heterocycles. The van der Waals surface area contributed by atoms with Gasteiger partial charge in [0, 0.05) is 11.6 Å². The first-order chi connectivity index (χ1) is 16.9. The standard InChI is InChI=1S/C29H23NO.BF3.FH/c1-20-7-11-22(12-8-20)25-17-26(31-29(18-25)23-13-9-21(2)10-14-23)16-15-24-19-30-28-6-4-3-5-27(24)28;2-1(3)4;/h3-19H,1-2H3;;1H. The van der Waals surface area contributed by atoms with Crippen molar-refractivity contribution in [2.24, 2.45) is 0 Å². The molecule has 0 bridgehead atoms. The predicted molar refractivity (Wildman–Crippen MR) is 138 cm³/mol. The van der Waals surface area contributed by atoms with E-state index < -0.39 is 7.54 Å². The van der Waals surface area contributed by atoms with Crippen molar-refractivity contribution in [2.75, 3.05) is 0 Å². The number of ether oxygens (including phenoxy) is 1. The first-order valence-electron chi connectivity index (χ1n) is 11.2. The van der Waals surface area contributed by atoms with Gasteiger partial charge in [-0.2, -0.15) is 0 Å². The van der Waals surface area contributed by atoms with Gasteiger partial charge in [-0.05, 0) is 55.4 Å². The SMILES string of the molecule is Cc1ccc(C2=CC(=CC=C3C=[NH+]c4ccccc43)OC(c3ccc(C)cc3)=C2)cc1.FB(F)F.[F-]. The highest BCUT2D eigenvalue weighted by Gasteiger charge is 2.18. The molecule has 0 saturated carbocycles. The summed E-state index contributed by atoms with van der Waals surface area (Å²) < 4.78 is 35.3. The van der Waals surface area contributed by atoms with Crippen LogP contribution in [0.5, 0.6) is 0 Å². The molecule has 0 aliphatic carbocycles. The fraction of sp³-hybridized carbons (Fsp3) is 0.0690. The summed E-state index contributed by atoms with van der Waals surface area (Å²) >= 11 is 0. The number of fused-ring (bicyclic) bond motifs is 1. The average molecular weight is 489 g/mol. The number of aryl methyl sites for hydroxylation is 2. The van der Waals surface area contributed by atoms with Gasteiger partial charge in [-0.1, -0.05) is 71.8 Å². The summed E-state index contributed by atoms with van der Waals surface area (Å²) in [5.41, 5.74) is 9.35. The van der Waals surface area contributed by atoms with Gasteiger partial charge in [-0.15, -0.1) is 0 Å². The van der Waals surface area contributed by atoms with Crippen LogP contribution in [0.3, 0.4) is 0 Å². The molecule has 0 amide bonds. The van der Waals surface area contributed by atoms with Crippen molar-refractivity contribution in [3.8, 4) is 0 Å². The van der Waals surface area contributed by atoms with E-state index in [2.05, 4.69) is 104 Å². The first-order valence-corrected chi connectivity index (χ1v) is 11.2. The maximum atomic E-state index is 9.67. The maximum Gasteiger partial charge on any atom is 0.762 e. The van der Waals surface area contributed by atoms with Gasteiger partial charge in [0.15, 0.2) is 6.21 Å². The van der Waals surface area contributed by atoms with Crippen LogP contribution < -0.4 is 9.70 Å². The third-order valence-corrected chi connectivity index (χ3v) is 5.58. The molecule has 2 heterocycles. The Hall–Kier alpha value is -4.13. The van der Waals surface area contributed by atoms with Crippen LogP contribution >= 0.6 is 0 Å². The number of allylic oxidation sites excluding steroid dienone is 6. The minimum Gasteiger partial charge on any atom is -1.00 e. The van der Waals surface area contributed by atoms with Crippen LogP contribution in [-0.2, 0) is 4.74 Å². The Labute approximate surface area is 208 Å². The van der Waals surface area contributed by atoms with Gasteiger partial charge in [-0.3, -0.25) is 12.9 Å². The van der Waals surface area contributed by atoms with Gasteiger partial charge < -0.3 is 9.44 Å². The number of rotatable bonds is 3. The molecule has 3 aromatic carbocycles. The lowest BCUT2D eigenvalue weighted by Gasteiger charge is -2.18. The summed E-state index contributed by atoms with van der Waals surface area (Å²) in [6.45, 7) is 4.20. The summed E-state index contributed by atoms with van der Waals surface area (Å²) in [5.74, 6) is 1.68. The summed E-state index contributed by atoms with van der Waals surface area (Å²) in [7, 11) is -3.67. The van der Waals surface area contributed by atoms with E-state index in [0.29, 0.717) is 0 Å². The maximum absolute atomic E-state index is 9.67. The van der Waals surface area contributed by atoms with Crippen LogP contribution in [0.4, 0.5) is 18.6 Å². The minimum atomic E-state index is -3.67. The Morgan fingerprint density at radius 1 is 0.750 bits per heavy atom.